The number of fused-ring (bicyclic) bond motifs is 1. The van der Waals surface area contributed by atoms with Crippen molar-refractivity contribution in [2.24, 2.45) is 7.05 Å². The van der Waals surface area contributed by atoms with Crippen molar-refractivity contribution in [1.82, 2.24) is 14.5 Å². The van der Waals surface area contributed by atoms with E-state index in [4.69, 9.17) is 0 Å². The maximum absolute atomic E-state index is 13.0. The first-order valence-electron chi connectivity index (χ1n) is 9.97. The molecule has 4 rings (SSSR count). The number of halogens is 3. The van der Waals surface area contributed by atoms with E-state index in [0.29, 0.717) is 33.7 Å². The number of pyridine rings is 1. The van der Waals surface area contributed by atoms with Crippen LogP contribution in [0.4, 0.5) is 18.9 Å². The van der Waals surface area contributed by atoms with E-state index in [1.807, 2.05) is 6.92 Å². The highest BCUT2D eigenvalue weighted by Gasteiger charge is 2.30. The number of carbonyl (C=O) groups excluding carboxylic acids is 1. The molecule has 168 valence electrons. The van der Waals surface area contributed by atoms with Crippen LogP contribution in [0.5, 0.6) is 0 Å². The lowest BCUT2D eigenvalue weighted by atomic mass is 10.0. The minimum atomic E-state index is -4.55. The summed E-state index contributed by atoms with van der Waals surface area (Å²) < 4.78 is 40.4. The highest BCUT2D eigenvalue weighted by molar-refractivity contribution is 6.04. The van der Waals surface area contributed by atoms with E-state index >= 15 is 0 Å². The molecule has 6 nitrogen and oxygen atoms in total. The van der Waals surface area contributed by atoms with Crippen LogP contribution in [0.15, 0.2) is 59.5 Å². The third-order valence-corrected chi connectivity index (χ3v) is 5.32. The van der Waals surface area contributed by atoms with Crippen molar-refractivity contribution in [1.29, 1.82) is 0 Å². The van der Waals surface area contributed by atoms with Crippen molar-refractivity contribution in [3.8, 4) is 11.3 Å². The van der Waals surface area contributed by atoms with Gasteiger partial charge >= 0.3 is 6.18 Å². The molecule has 9 heteroatoms. The molecule has 2 aromatic heterocycles. The Morgan fingerprint density at radius 3 is 2.55 bits per heavy atom. The van der Waals surface area contributed by atoms with Crippen molar-refractivity contribution in [2.75, 3.05) is 5.32 Å². The average molecular weight is 452 g/mol. The maximum Gasteiger partial charge on any atom is 0.416 e. The van der Waals surface area contributed by atoms with Gasteiger partial charge < -0.3 is 9.88 Å². The Morgan fingerprint density at radius 1 is 1.06 bits per heavy atom. The second-order valence-electron chi connectivity index (χ2n) is 7.68. The van der Waals surface area contributed by atoms with Crippen LogP contribution in [0, 0.1) is 13.8 Å². The zero-order valence-corrected chi connectivity index (χ0v) is 18.0. The van der Waals surface area contributed by atoms with Gasteiger partial charge in [-0.3, -0.25) is 9.59 Å². The standard InChI is InChI=1S/C24H19F3N4O2/c1-13-7-8-18(30-22(32)15-5-4-6-17(9-15)24(25,26)27)11-19(13)20-10-16-12-28-14(2)29-21(16)23(33)31(20)3/h4-12H,1-3H3,(H,30,32). The molecule has 0 radical (unpaired) electrons. The summed E-state index contributed by atoms with van der Waals surface area (Å²) >= 11 is 0. The maximum atomic E-state index is 13.0. The molecule has 0 aliphatic rings. The van der Waals surface area contributed by atoms with E-state index in [2.05, 4.69) is 15.3 Å². The first-order valence-corrected chi connectivity index (χ1v) is 9.97. The van der Waals surface area contributed by atoms with Crippen LogP contribution in [0.3, 0.4) is 0 Å². The Morgan fingerprint density at radius 2 is 1.82 bits per heavy atom. The molecule has 2 aromatic carbocycles. The molecule has 0 spiro atoms. The molecule has 0 unspecified atom stereocenters. The van der Waals surface area contributed by atoms with Crippen molar-refractivity contribution >= 4 is 22.5 Å². The quantitative estimate of drug-likeness (QED) is 0.481. The fraction of sp³-hybridized carbons (Fsp3) is 0.167. The molecule has 4 aromatic rings. The zero-order chi connectivity index (χ0) is 23.9. The highest BCUT2D eigenvalue weighted by atomic mass is 19.4. The molecule has 2 heterocycles. The Balaban J connectivity index is 1.73. The normalized spacial score (nSPS) is 11.6. The van der Waals surface area contributed by atoms with Crippen molar-refractivity contribution < 1.29 is 18.0 Å². The minimum absolute atomic E-state index is 0.113. The number of aryl methyl sites for hydroxylation is 2. The molecule has 1 amide bonds. The van der Waals surface area contributed by atoms with Crippen LogP contribution in [-0.4, -0.2) is 20.4 Å². The highest BCUT2D eigenvalue weighted by Crippen LogP contribution is 2.30. The number of anilines is 1. The van der Waals surface area contributed by atoms with E-state index < -0.39 is 17.6 Å². The summed E-state index contributed by atoms with van der Waals surface area (Å²) in [5, 5.41) is 3.21. The van der Waals surface area contributed by atoms with Crippen LogP contribution in [-0.2, 0) is 13.2 Å². The molecule has 0 aliphatic heterocycles. The topological polar surface area (TPSA) is 76.9 Å². The summed E-state index contributed by atoms with van der Waals surface area (Å²) in [6.45, 7) is 3.56. The number of aromatic nitrogens is 3. The van der Waals surface area contributed by atoms with Gasteiger partial charge in [-0.05, 0) is 55.8 Å². The van der Waals surface area contributed by atoms with Crippen LogP contribution in [0.2, 0.25) is 0 Å². The number of rotatable bonds is 3. The molecule has 0 saturated heterocycles. The van der Waals surface area contributed by atoms with Gasteiger partial charge in [0.15, 0.2) is 0 Å². The predicted molar refractivity (Wildman–Crippen MR) is 119 cm³/mol. The average Bonchev–Trinajstić information content (AvgIpc) is 2.77. The molecule has 0 atom stereocenters. The molecular formula is C24H19F3N4O2. The lowest BCUT2D eigenvalue weighted by Crippen LogP contribution is -2.20. The van der Waals surface area contributed by atoms with Crippen LogP contribution < -0.4 is 10.9 Å². The number of nitrogens with zero attached hydrogens (tertiary/aromatic N) is 3. The van der Waals surface area contributed by atoms with Crippen molar-refractivity contribution in [3.63, 3.8) is 0 Å². The molecule has 0 fully saturated rings. The Bertz CT molecular complexity index is 1460. The van der Waals surface area contributed by atoms with E-state index in [-0.39, 0.29) is 11.1 Å². The molecule has 0 aliphatic carbocycles. The molecule has 1 N–H and O–H groups in total. The number of hydrogen-bond acceptors (Lipinski definition) is 4. The molecular weight excluding hydrogens is 433 g/mol. The van der Waals surface area contributed by atoms with Crippen LogP contribution >= 0.6 is 0 Å². The Hall–Kier alpha value is -4.01. The van der Waals surface area contributed by atoms with Gasteiger partial charge in [-0.2, -0.15) is 13.2 Å². The van der Waals surface area contributed by atoms with E-state index in [9.17, 15) is 22.8 Å². The van der Waals surface area contributed by atoms with E-state index in [1.165, 1.54) is 16.7 Å². The van der Waals surface area contributed by atoms with Crippen molar-refractivity contribution in [3.05, 3.63) is 87.6 Å². The summed E-state index contributed by atoms with van der Waals surface area (Å²) in [6, 6.07) is 11.1. The predicted octanol–water partition coefficient (Wildman–Crippen LogP) is 4.88. The largest absolute Gasteiger partial charge is 0.416 e. The third kappa shape index (κ3) is 4.34. The number of benzene rings is 2. The van der Waals surface area contributed by atoms with Crippen LogP contribution in [0.25, 0.3) is 22.2 Å². The van der Waals surface area contributed by atoms with Gasteiger partial charge in [-0.25, -0.2) is 9.97 Å². The Labute approximate surface area is 186 Å². The number of alkyl halides is 3. The fourth-order valence-electron chi connectivity index (χ4n) is 3.54. The fourth-order valence-corrected chi connectivity index (χ4v) is 3.54. The van der Waals surface area contributed by atoms with Gasteiger partial charge in [-0.1, -0.05) is 12.1 Å². The van der Waals surface area contributed by atoms with Crippen molar-refractivity contribution in [2.45, 2.75) is 20.0 Å². The van der Waals surface area contributed by atoms with Gasteiger partial charge in [0.1, 0.15) is 11.3 Å². The summed E-state index contributed by atoms with van der Waals surface area (Å²) in [7, 11) is 1.63. The molecule has 0 saturated carbocycles. The van der Waals surface area contributed by atoms with E-state index in [0.717, 1.165) is 17.7 Å². The van der Waals surface area contributed by atoms with Crippen LogP contribution in [0.1, 0.15) is 27.3 Å². The van der Waals surface area contributed by atoms with Gasteiger partial charge in [0.2, 0.25) is 0 Å². The van der Waals surface area contributed by atoms with Gasteiger partial charge in [0.25, 0.3) is 11.5 Å². The summed E-state index contributed by atoms with van der Waals surface area (Å²) in [4.78, 5) is 33.8. The lowest BCUT2D eigenvalue weighted by molar-refractivity contribution is -0.137. The van der Waals surface area contributed by atoms with Gasteiger partial charge in [-0.15, -0.1) is 0 Å². The zero-order valence-electron chi connectivity index (χ0n) is 18.0. The van der Waals surface area contributed by atoms with Gasteiger partial charge in [0, 0.05) is 35.4 Å². The second-order valence-corrected chi connectivity index (χ2v) is 7.68. The summed E-state index contributed by atoms with van der Waals surface area (Å²) in [6.07, 6.45) is -2.96. The molecule has 0 bridgehead atoms. The monoisotopic (exact) mass is 452 g/mol. The first kappa shape index (κ1) is 22.2. The summed E-state index contributed by atoms with van der Waals surface area (Å²) in [5.74, 6) is -0.185. The SMILES string of the molecule is Cc1ncc2cc(-c3cc(NC(=O)c4cccc(C(F)(F)F)c4)ccc3C)n(C)c(=O)c2n1. The summed E-state index contributed by atoms with van der Waals surface area (Å²) in [5.41, 5.74) is 1.50. The number of carbonyl (C=O) groups is 1. The lowest BCUT2D eigenvalue weighted by Gasteiger charge is -2.15. The van der Waals surface area contributed by atoms with E-state index in [1.54, 1.807) is 44.4 Å². The Kier molecular flexibility index (Phi) is 5.49. The third-order valence-electron chi connectivity index (χ3n) is 5.32. The minimum Gasteiger partial charge on any atom is -0.322 e. The molecule has 33 heavy (non-hydrogen) atoms. The van der Waals surface area contributed by atoms with Gasteiger partial charge in [0.05, 0.1) is 11.3 Å². The number of amides is 1. The smallest absolute Gasteiger partial charge is 0.322 e. The second kappa shape index (κ2) is 8.16. The number of nitrogens with one attached hydrogen (secondary N) is 1. The number of hydrogen-bond donors (Lipinski definition) is 1. The first-order chi connectivity index (χ1) is 15.5.